The van der Waals surface area contributed by atoms with Crippen molar-refractivity contribution in [3.8, 4) is 0 Å². The average Bonchev–Trinajstić information content (AvgIpc) is 2.85. The summed E-state index contributed by atoms with van der Waals surface area (Å²) in [6, 6.07) is 3.47. The summed E-state index contributed by atoms with van der Waals surface area (Å²) in [5, 5.41) is 9.86. The molecule has 0 radical (unpaired) electrons. The van der Waals surface area contributed by atoms with E-state index in [4.69, 9.17) is 0 Å². The number of rotatable bonds is 4. The van der Waals surface area contributed by atoms with E-state index in [1.165, 1.54) is 0 Å². The smallest absolute Gasteiger partial charge is 0.255 e. The van der Waals surface area contributed by atoms with Gasteiger partial charge in [-0.05, 0) is 26.0 Å². The van der Waals surface area contributed by atoms with Crippen LogP contribution in [-0.4, -0.2) is 27.7 Å². The van der Waals surface area contributed by atoms with Crippen molar-refractivity contribution in [1.29, 1.82) is 0 Å². The molecule has 0 aliphatic rings. The van der Waals surface area contributed by atoms with Gasteiger partial charge in [0.25, 0.3) is 5.91 Å². The normalized spacial score (nSPS) is 10.3. The number of anilines is 2. The maximum atomic E-state index is 12.1. The van der Waals surface area contributed by atoms with Crippen LogP contribution in [0.3, 0.4) is 0 Å². The first-order valence-electron chi connectivity index (χ1n) is 6.12. The monoisotopic (exact) mass is 259 g/mol. The Morgan fingerprint density at radius 2 is 2.21 bits per heavy atom. The van der Waals surface area contributed by atoms with Crippen molar-refractivity contribution >= 4 is 17.4 Å². The number of hydrogen-bond donors (Lipinski definition) is 2. The summed E-state index contributed by atoms with van der Waals surface area (Å²) in [6.45, 7) is 4.62. The van der Waals surface area contributed by atoms with E-state index in [2.05, 4.69) is 20.7 Å². The molecule has 0 saturated carbocycles. The van der Waals surface area contributed by atoms with E-state index in [0.717, 1.165) is 12.2 Å². The summed E-state index contributed by atoms with van der Waals surface area (Å²) in [5.74, 6) is 0.507. The predicted octanol–water partition coefficient (Wildman–Crippen LogP) is 1.90. The summed E-state index contributed by atoms with van der Waals surface area (Å²) in [4.78, 5) is 16.4. The SMILES string of the molecule is CCn1cc(NC(=O)c2cc(C)nc(NC)c2)cn1. The molecular weight excluding hydrogens is 242 g/mol. The van der Waals surface area contributed by atoms with Gasteiger partial charge >= 0.3 is 0 Å². The molecule has 2 aromatic rings. The summed E-state index contributed by atoms with van der Waals surface area (Å²) >= 11 is 0. The molecule has 2 rings (SSSR count). The van der Waals surface area contributed by atoms with Crippen LogP contribution in [0.15, 0.2) is 24.5 Å². The zero-order chi connectivity index (χ0) is 13.8. The first-order valence-corrected chi connectivity index (χ1v) is 6.12. The topological polar surface area (TPSA) is 71.8 Å². The van der Waals surface area contributed by atoms with E-state index < -0.39 is 0 Å². The van der Waals surface area contributed by atoms with Crippen LogP contribution < -0.4 is 10.6 Å². The second kappa shape index (κ2) is 5.51. The minimum absolute atomic E-state index is 0.169. The van der Waals surface area contributed by atoms with Gasteiger partial charge in [0.1, 0.15) is 5.82 Å². The Balaban J connectivity index is 2.17. The lowest BCUT2D eigenvalue weighted by atomic mass is 10.2. The molecule has 2 N–H and O–H groups in total. The maximum Gasteiger partial charge on any atom is 0.255 e. The van der Waals surface area contributed by atoms with Crippen LogP contribution in [0.1, 0.15) is 23.0 Å². The Hall–Kier alpha value is -2.37. The zero-order valence-electron chi connectivity index (χ0n) is 11.3. The quantitative estimate of drug-likeness (QED) is 0.879. The summed E-state index contributed by atoms with van der Waals surface area (Å²) < 4.78 is 1.76. The van der Waals surface area contributed by atoms with Crippen LogP contribution in [0.5, 0.6) is 0 Å². The molecule has 6 nitrogen and oxygen atoms in total. The predicted molar refractivity (Wildman–Crippen MR) is 74.4 cm³/mol. The molecule has 1 amide bonds. The minimum Gasteiger partial charge on any atom is -0.373 e. The highest BCUT2D eigenvalue weighted by Gasteiger charge is 2.09. The molecule has 2 aromatic heterocycles. The lowest BCUT2D eigenvalue weighted by Crippen LogP contribution is -2.12. The molecule has 6 heteroatoms. The number of nitrogens with zero attached hydrogens (tertiary/aromatic N) is 3. The Labute approximate surface area is 111 Å². The van der Waals surface area contributed by atoms with Gasteiger partial charge in [0.2, 0.25) is 0 Å². The van der Waals surface area contributed by atoms with E-state index in [9.17, 15) is 4.79 Å². The fourth-order valence-corrected chi connectivity index (χ4v) is 1.73. The van der Waals surface area contributed by atoms with Crippen LogP contribution in [0.25, 0.3) is 0 Å². The molecular formula is C13H17N5O. The Bertz CT molecular complexity index is 590. The van der Waals surface area contributed by atoms with Gasteiger partial charge in [-0.15, -0.1) is 0 Å². The van der Waals surface area contributed by atoms with E-state index >= 15 is 0 Å². The number of carbonyl (C=O) groups is 1. The van der Waals surface area contributed by atoms with E-state index in [-0.39, 0.29) is 5.91 Å². The molecule has 0 bridgehead atoms. The standard InChI is InChI=1S/C13H17N5O/c1-4-18-8-11(7-15-18)17-13(19)10-5-9(2)16-12(6-10)14-3/h5-8H,4H2,1-3H3,(H,14,16)(H,17,19). The van der Waals surface area contributed by atoms with Gasteiger partial charge in [-0.2, -0.15) is 5.10 Å². The lowest BCUT2D eigenvalue weighted by molar-refractivity contribution is 0.102. The van der Waals surface area contributed by atoms with Gasteiger partial charge in [0, 0.05) is 31.0 Å². The van der Waals surface area contributed by atoms with Crippen molar-refractivity contribution in [2.75, 3.05) is 17.7 Å². The van der Waals surface area contributed by atoms with Crippen LogP contribution in [0, 0.1) is 6.92 Å². The third kappa shape index (κ3) is 3.09. The van der Waals surface area contributed by atoms with E-state index in [1.807, 2.05) is 13.8 Å². The average molecular weight is 259 g/mol. The van der Waals surface area contributed by atoms with Gasteiger partial charge < -0.3 is 10.6 Å². The lowest BCUT2D eigenvalue weighted by Gasteiger charge is -2.06. The van der Waals surface area contributed by atoms with Crippen molar-refractivity contribution in [3.63, 3.8) is 0 Å². The molecule has 0 aliphatic heterocycles. The van der Waals surface area contributed by atoms with Crippen LogP contribution in [0.2, 0.25) is 0 Å². The highest BCUT2D eigenvalue weighted by molar-refractivity contribution is 6.04. The second-order valence-corrected chi connectivity index (χ2v) is 4.17. The number of carbonyl (C=O) groups excluding carboxylic acids is 1. The molecule has 100 valence electrons. The van der Waals surface area contributed by atoms with Crippen molar-refractivity contribution < 1.29 is 4.79 Å². The minimum atomic E-state index is -0.169. The first kappa shape index (κ1) is 13.1. The fraction of sp³-hybridized carbons (Fsp3) is 0.308. The van der Waals surface area contributed by atoms with Crippen molar-refractivity contribution in [2.45, 2.75) is 20.4 Å². The highest BCUT2D eigenvalue weighted by atomic mass is 16.1. The Morgan fingerprint density at radius 1 is 1.42 bits per heavy atom. The molecule has 0 aliphatic carbocycles. The van der Waals surface area contributed by atoms with Crippen molar-refractivity contribution in [2.24, 2.45) is 0 Å². The molecule has 0 atom stereocenters. The Morgan fingerprint density at radius 3 is 2.84 bits per heavy atom. The van der Waals surface area contributed by atoms with Crippen molar-refractivity contribution in [1.82, 2.24) is 14.8 Å². The molecule has 0 aromatic carbocycles. The summed E-state index contributed by atoms with van der Waals surface area (Å²) in [7, 11) is 1.77. The molecule has 0 fully saturated rings. The van der Waals surface area contributed by atoms with Gasteiger partial charge in [-0.25, -0.2) is 4.98 Å². The van der Waals surface area contributed by atoms with Gasteiger partial charge in [-0.1, -0.05) is 0 Å². The fourth-order valence-electron chi connectivity index (χ4n) is 1.73. The second-order valence-electron chi connectivity index (χ2n) is 4.17. The Kier molecular flexibility index (Phi) is 3.79. The number of amides is 1. The highest BCUT2D eigenvalue weighted by Crippen LogP contribution is 2.12. The molecule has 0 unspecified atom stereocenters. The van der Waals surface area contributed by atoms with Crippen LogP contribution >= 0.6 is 0 Å². The van der Waals surface area contributed by atoms with E-state index in [0.29, 0.717) is 17.1 Å². The number of pyridine rings is 1. The third-order valence-electron chi connectivity index (χ3n) is 2.69. The van der Waals surface area contributed by atoms with Gasteiger partial charge in [0.05, 0.1) is 11.9 Å². The van der Waals surface area contributed by atoms with Gasteiger partial charge in [0.15, 0.2) is 0 Å². The number of hydrogen-bond acceptors (Lipinski definition) is 4. The molecule has 0 saturated heterocycles. The maximum absolute atomic E-state index is 12.1. The van der Waals surface area contributed by atoms with Crippen molar-refractivity contribution in [3.05, 3.63) is 35.8 Å². The number of aromatic nitrogens is 3. The largest absolute Gasteiger partial charge is 0.373 e. The summed E-state index contributed by atoms with van der Waals surface area (Å²) in [6.07, 6.45) is 3.43. The van der Waals surface area contributed by atoms with Crippen LogP contribution in [-0.2, 0) is 6.54 Å². The number of nitrogens with one attached hydrogen (secondary N) is 2. The molecule has 19 heavy (non-hydrogen) atoms. The molecule has 0 spiro atoms. The zero-order valence-corrected chi connectivity index (χ0v) is 11.3. The first-order chi connectivity index (χ1) is 9.12. The molecule has 2 heterocycles. The number of aryl methyl sites for hydroxylation is 2. The van der Waals surface area contributed by atoms with Crippen LogP contribution in [0.4, 0.5) is 11.5 Å². The van der Waals surface area contributed by atoms with Gasteiger partial charge in [-0.3, -0.25) is 9.48 Å². The third-order valence-corrected chi connectivity index (χ3v) is 2.69. The van der Waals surface area contributed by atoms with E-state index in [1.54, 1.807) is 36.3 Å². The summed E-state index contributed by atoms with van der Waals surface area (Å²) in [5.41, 5.74) is 2.05.